The smallest absolute Gasteiger partial charge is 0.265 e. The van der Waals surface area contributed by atoms with Crippen LogP contribution in [0.4, 0.5) is 5.69 Å². The monoisotopic (exact) mass is 377 g/mol. The van der Waals surface area contributed by atoms with Gasteiger partial charge in [-0.1, -0.05) is 52.5 Å². The van der Waals surface area contributed by atoms with E-state index in [-0.39, 0.29) is 0 Å². The standard InChI is InChI=1S/C15H11Cl4NO2/c1-8(22-13-6-5-9(16)7-12(13)19)15(21)20-14-10(17)3-2-4-11(14)18/h2-8H,1H3,(H,20,21)/t8-/m0/s1. The molecule has 0 aromatic heterocycles. The van der Waals surface area contributed by atoms with E-state index in [4.69, 9.17) is 51.1 Å². The number of amides is 1. The van der Waals surface area contributed by atoms with Crippen LogP contribution in [-0.4, -0.2) is 12.0 Å². The molecule has 7 heteroatoms. The van der Waals surface area contributed by atoms with Crippen molar-refractivity contribution >= 4 is 58.0 Å². The van der Waals surface area contributed by atoms with E-state index >= 15 is 0 Å². The predicted molar refractivity (Wildman–Crippen MR) is 91.6 cm³/mol. The van der Waals surface area contributed by atoms with Crippen LogP contribution < -0.4 is 10.1 Å². The number of hydrogen-bond acceptors (Lipinski definition) is 2. The van der Waals surface area contributed by atoms with Gasteiger partial charge in [-0.3, -0.25) is 4.79 Å². The van der Waals surface area contributed by atoms with Gasteiger partial charge < -0.3 is 10.1 Å². The molecule has 0 bridgehead atoms. The van der Waals surface area contributed by atoms with Crippen LogP contribution in [0.15, 0.2) is 36.4 Å². The van der Waals surface area contributed by atoms with Crippen molar-refractivity contribution in [1.29, 1.82) is 0 Å². The molecule has 1 N–H and O–H groups in total. The molecular formula is C15H11Cl4NO2. The molecule has 0 aliphatic rings. The normalized spacial score (nSPS) is 11.9. The van der Waals surface area contributed by atoms with Crippen molar-refractivity contribution in [1.82, 2.24) is 0 Å². The second kappa shape index (κ2) is 7.42. The summed E-state index contributed by atoms with van der Waals surface area (Å²) < 4.78 is 5.53. The summed E-state index contributed by atoms with van der Waals surface area (Å²) in [6.45, 7) is 1.59. The molecule has 0 unspecified atom stereocenters. The zero-order chi connectivity index (χ0) is 16.3. The lowest BCUT2D eigenvalue weighted by molar-refractivity contribution is -0.122. The lowest BCUT2D eigenvalue weighted by atomic mass is 10.3. The van der Waals surface area contributed by atoms with E-state index in [9.17, 15) is 4.79 Å². The minimum atomic E-state index is -0.800. The summed E-state index contributed by atoms with van der Waals surface area (Å²) >= 11 is 23.8. The van der Waals surface area contributed by atoms with Crippen molar-refractivity contribution in [2.24, 2.45) is 0 Å². The first-order valence-electron chi connectivity index (χ1n) is 6.25. The van der Waals surface area contributed by atoms with Gasteiger partial charge >= 0.3 is 0 Å². The van der Waals surface area contributed by atoms with Crippen LogP contribution in [0.25, 0.3) is 0 Å². The van der Waals surface area contributed by atoms with Crippen LogP contribution in [0.5, 0.6) is 5.75 Å². The van der Waals surface area contributed by atoms with E-state index in [1.807, 2.05) is 0 Å². The highest BCUT2D eigenvalue weighted by Gasteiger charge is 2.18. The Bertz CT molecular complexity index is 686. The first kappa shape index (κ1) is 17.2. The van der Waals surface area contributed by atoms with E-state index in [0.717, 1.165) is 0 Å². The SMILES string of the molecule is C[C@H](Oc1ccc(Cl)cc1Cl)C(=O)Nc1c(Cl)cccc1Cl. The average molecular weight is 379 g/mol. The van der Waals surface area contributed by atoms with Crippen molar-refractivity contribution < 1.29 is 9.53 Å². The maximum atomic E-state index is 12.2. The fraction of sp³-hybridized carbons (Fsp3) is 0.133. The maximum Gasteiger partial charge on any atom is 0.265 e. The number of carbonyl (C=O) groups is 1. The highest BCUT2D eigenvalue weighted by molar-refractivity contribution is 6.39. The Morgan fingerprint density at radius 1 is 1.05 bits per heavy atom. The molecule has 0 aliphatic heterocycles. The van der Waals surface area contributed by atoms with Crippen LogP contribution in [0.1, 0.15) is 6.92 Å². The molecule has 2 aromatic rings. The topological polar surface area (TPSA) is 38.3 Å². The number of anilines is 1. The maximum absolute atomic E-state index is 12.2. The third kappa shape index (κ3) is 4.20. The zero-order valence-corrected chi connectivity index (χ0v) is 14.4. The van der Waals surface area contributed by atoms with Gasteiger partial charge in [0.15, 0.2) is 6.10 Å². The molecule has 22 heavy (non-hydrogen) atoms. The van der Waals surface area contributed by atoms with Gasteiger partial charge in [-0.2, -0.15) is 0 Å². The lowest BCUT2D eigenvalue weighted by Crippen LogP contribution is -2.30. The van der Waals surface area contributed by atoms with Crippen LogP contribution in [0.2, 0.25) is 20.1 Å². The Hall–Kier alpha value is -1.13. The van der Waals surface area contributed by atoms with Crippen molar-refractivity contribution in [3.05, 3.63) is 56.5 Å². The number of carbonyl (C=O) groups excluding carboxylic acids is 1. The molecule has 0 fully saturated rings. The minimum absolute atomic E-state index is 0.322. The number of rotatable bonds is 4. The molecular weight excluding hydrogens is 368 g/mol. The Morgan fingerprint density at radius 2 is 1.68 bits per heavy atom. The molecule has 0 heterocycles. The number of benzene rings is 2. The number of ether oxygens (including phenoxy) is 1. The number of para-hydroxylation sites is 1. The molecule has 0 saturated carbocycles. The fourth-order valence-corrected chi connectivity index (χ4v) is 2.60. The van der Waals surface area contributed by atoms with E-state index in [0.29, 0.717) is 31.5 Å². The molecule has 0 radical (unpaired) electrons. The summed E-state index contributed by atoms with van der Waals surface area (Å²) in [7, 11) is 0. The van der Waals surface area contributed by atoms with Gasteiger partial charge in [0.05, 0.1) is 20.8 Å². The van der Waals surface area contributed by atoms with E-state index in [1.54, 1.807) is 37.3 Å². The quantitative estimate of drug-likeness (QED) is 0.740. The largest absolute Gasteiger partial charge is 0.479 e. The first-order chi connectivity index (χ1) is 10.4. The lowest BCUT2D eigenvalue weighted by Gasteiger charge is -2.16. The molecule has 0 aliphatic carbocycles. The highest BCUT2D eigenvalue weighted by Crippen LogP contribution is 2.31. The Balaban J connectivity index is 2.09. The van der Waals surface area contributed by atoms with Gasteiger partial charge in [-0.05, 0) is 37.3 Å². The summed E-state index contributed by atoms with van der Waals surface area (Å²) in [6, 6.07) is 9.70. The van der Waals surface area contributed by atoms with E-state index in [1.165, 1.54) is 6.07 Å². The van der Waals surface area contributed by atoms with Gasteiger partial charge in [0.25, 0.3) is 5.91 Å². The molecule has 1 atom stereocenters. The zero-order valence-electron chi connectivity index (χ0n) is 11.4. The van der Waals surface area contributed by atoms with Crippen molar-refractivity contribution in [3.63, 3.8) is 0 Å². The fourth-order valence-electron chi connectivity index (χ4n) is 1.66. The van der Waals surface area contributed by atoms with Crippen molar-refractivity contribution in [2.75, 3.05) is 5.32 Å². The molecule has 0 saturated heterocycles. The van der Waals surface area contributed by atoms with Gasteiger partial charge in [-0.15, -0.1) is 0 Å². The van der Waals surface area contributed by atoms with Gasteiger partial charge in [0, 0.05) is 5.02 Å². The third-order valence-corrected chi connectivity index (χ3v) is 3.94. The number of halogens is 4. The summed E-state index contributed by atoms with van der Waals surface area (Å²) in [5, 5.41) is 4.13. The Morgan fingerprint density at radius 3 is 2.27 bits per heavy atom. The molecule has 2 aromatic carbocycles. The minimum Gasteiger partial charge on any atom is -0.479 e. The predicted octanol–water partition coefficient (Wildman–Crippen LogP) is 5.71. The van der Waals surface area contributed by atoms with E-state index in [2.05, 4.69) is 5.32 Å². The summed E-state index contributed by atoms with van der Waals surface area (Å²) in [4.78, 5) is 12.2. The Kier molecular flexibility index (Phi) is 5.81. The first-order valence-corrected chi connectivity index (χ1v) is 7.76. The van der Waals surface area contributed by atoms with Gasteiger partial charge in [-0.25, -0.2) is 0 Å². The van der Waals surface area contributed by atoms with Gasteiger partial charge in [0.1, 0.15) is 5.75 Å². The van der Waals surface area contributed by atoms with Crippen molar-refractivity contribution in [3.8, 4) is 5.75 Å². The van der Waals surface area contributed by atoms with Crippen LogP contribution in [-0.2, 0) is 4.79 Å². The van der Waals surface area contributed by atoms with Crippen LogP contribution in [0, 0.1) is 0 Å². The van der Waals surface area contributed by atoms with E-state index < -0.39 is 12.0 Å². The third-order valence-electron chi connectivity index (χ3n) is 2.78. The van der Waals surface area contributed by atoms with Crippen LogP contribution in [0.3, 0.4) is 0 Å². The molecule has 116 valence electrons. The molecule has 3 nitrogen and oxygen atoms in total. The van der Waals surface area contributed by atoms with Crippen LogP contribution >= 0.6 is 46.4 Å². The highest BCUT2D eigenvalue weighted by atomic mass is 35.5. The average Bonchev–Trinajstić information content (AvgIpc) is 2.45. The molecule has 0 spiro atoms. The summed E-state index contributed by atoms with van der Waals surface area (Å²) in [6.07, 6.45) is -0.800. The number of nitrogens with one attached hydrogen (secondary N) is 1. The molecule has 1 amide bonds. The second-order valence-electron chi connectivity index (χ2n) is 4.42. The molecule has 2 rings (SSSR count). The number of hydrogen-bond donors (Lipinski definition) is 1. The summed E-state index contributed by atoms with van der Waals surface area (Å²) in [5.74, 6) is -0.0417. The Labute approximate surface area is 148 Å². The second-order valence-corrected chi connectivity index (χ2v) is 6.08. The summed E-state index contributed by atoms with van der Waals surface area (Å²) in [5.41, 5.74) is 0.341. The van der Waals surface area contributed by atoms with Gasteiger partial charge in [0.2, 0.25) is 0 Å². The van der Waals surface area contributed by atoms with Crippen molar-refractivity contribution in [2.45, 2.75) is 13.0 Å².